The van der Waals surface area contributed by atoms with E-state index in [0.29, 0.717) is 26.0 Å². The summed E-state index contributed by atoms with van der Waals surface area (Å²) in [6.07, 6.45) is 2.54. The average Bonchev–Trinajstić information content (AvgIpc) is 3.65. The van der Waals surface area contributed by atoms with Crippen LogP contribution in [0.5, 0.6) is 5.75 Å². The van der Waals surface area contributed by atoms with Gasteiger partial charge in [0.15, 0.2) is 0 Å². The SMILES string of the molecule is CN1c2ccccc2C(=O)N2CCc3c(n(CCCCC(=O)OCCOc4ccc(-c5cc(=S)ss5)cc4)c4ccccc34)C21. The second-order valence-corrected chi connectivity index (χ2v) is 14.2. The van der Waals surface area contributed by atoms with Gasteiger partial charge in [0.25, 0.3) is 5.91 Å². The van der Waals surface area contributed by atoms with Gasteiger partial charge >= 0.3 is 5.97 Å². The van der Waals surface area contributed by atoms with Gasteiger partial charge < -0.3 is 23.8 Å². The van der Waals surface area contributed by atoms with E-state index in [0.717, 1.165) is 50.7 Å². The van der Waals surface area contributed by atoms with Crippen molar-refractivity contribution in [1.29, 1.82) is 0 Å². The van der Waals surface area contributed by atoms with Crippen LogP contribution in [0.15, 0.2) is 78.9 Å². The zero-order chi connectivity index (χ0) is 30.9. The number of unbranched alkanes of at least 4 members (excludes halogenated alkanes) is 1. The number of rotatable bonds is 10. The molecule has 2 aliphatic rings. The number of aromatic nitrogens is 1. The molecule has 7 rings (SSSR count). The molecule has 4 heterocycles. The number of para-hydroxylation sites is 2. The number of fused-ring (bicyclic) bond motifs is 6. The number of carbonyl (C=O) groups excluding carboxylic acids is 2. The first kappa shape index (κ1) is 29.7. The number of anilines is 1. The van der Waals surface area contributed by atoms with Crippen molar-refractivity contribution in [3.05, 3.63) is 99.5 Å². The number of nitrogens with zero attached hydrogens (tertiary/aromatic N) is 3. The molecule has 7 nitrogen and oxygen atoms in total. The van der Waals surface area contributed by atoms with Crippen LogP contribution < -0.4 is 9.64 Å². The summed E-state index contributed by atoms with van der Waals surface area (Å²) in [4.78, 5) is 31.5. The molecule has 0 N–H and O–H groups in total. The van der Waals surface area contributed by atoms with Crippen molar-refractivity contribution in [1.82, 2.24) is 9.47 Å². The number of carbonyl (C=O) groups is 2. The Kier molecular flexibility index (Phi) is 8.44. The highest BCUT2D eigenvalue weighted by Crippen LogP contribution is 2.44. The van der Waals surface area contributed by atoms with E-state index in [1.807, 2.05) is 59.5 Å². The molecule has 45 heavy (non-hydrogen) atoms. The van der Waals surface area contributed by atoms with E-state index < -0.39 is 0 Å². The molecule has 0 bridgehead atoms. The fourth-order valence-electron chi connectivity index (χ4n) is 6.56. The molecule has 0 spiro atoms. The van der Waals surface area contributed by atoms with Crippen molar-refractivity contribution in [3.8, 4) is 16.2 Å². The second kappa shape index (κ2) is 12.8. The maximum atomic E-state index is 13.6. The van der Waals surface area contributed by atoms with E-state index in [9.17, 15) is 9.59 Å². The Balaban J connectivity index is 0.952. The minimum absolute atomic E-state index is 0.0880. The van der Waals surface area contributed by atoms with Crippen molar-refractivity contribution >= 4 is 61.4 Å². The lowest BCUT2D eigenvalue weighted by molar-refractivity contribution is -0.144. The normalized spacial score (nSPS) is 15.5. The van der Waals surface area contributed by atoms with Crippen molar-refractivity contribution in [2.45, 2.75) is 38.4 Å². The number of esters is 1. The van der Waals surface area contributed by atoms with Crippen LogP contribution in [0.1, 0.15) is 47.0 Å². The van der Waals surface area contributed by atoms with Gasteiger partial charge in [-0.1, -0.05) is 63.2 Å². The minimum atomic E-state index is -0.215. The third kappa shape index (κ3) is 5.78. The molecule has 0 saturated heterocycles. The molecule has 1 atom stereocenters. The Hall–Kier alpha value is -3.99. The van der Waals surface area contributed by atoms with Crippen LogP contribution in [-0.4, -0.2) is 48.1 Å². The Labute approximate surface area is 274 Å². The minimum Gasteiger partial charge on any atom is -0.490 e. The van der Waals surface area contributed by atoms with Gasteiger partial charge in [0, 0.05) is 42.3 Å². The van der Waals surface area contributed by atoms with E-state index in [1.165, 1.54) is 22.2 Å². The predicted molar refractivity (Wildman–Crippen MR) is 183 cm³/mol. The van der Waals surface area contributed by atoms with Gasteiger partial charge in [-0.15, -0.1) is 0 Å². The van der Waals surface area contributed by atoms with Crippen LogP contribution >= 0.6 is 32.9 Å². The van der Waals surface area contributed by atoms with Gasteiger partial charge in [-0.05, 0) is 78.9 Å². The summed E-state index contributed by atoms with van der Waals surface area (Å²) >= 11 is 5.23. The molecule has 1 unspecified atom stereocenters. The molecule has 2 aliphatic heterocycles. The molecule has 0 fully saturated rings. The van der Waals surface area contributed by atoms with E-state index >= 15 is 0 Å². The molecule has 5 aromatic rings. The fourth-order valence-corrected chi connectivity index (χ4v) is 8.97. The Morgan fingerprint density at radius 3 is 2.60 bits per heavy atom. The van der Waals surface area contributed by atoms with Crippen molar-refractivity contribution in [2.75, 3.05) is 31.7 Å². The van der Waals surface area contributed by atoms with E-state index in [4.69, 9.17) is 21.7 Å². The number of aryl methyl sites for hydroxylation is 1. The number of hydrogen-bond acceptors (Lipinski definition) is 8. The summed E-state index contributed by atoms with van der Waals surface area (Å²) in [6, 6.07) is 26.3. The van der Waals surface area contributed by atoms with Crippen LogP contribution in [-0.2, 0) is 22.5 Å². The molecular weight excluding hydrogens is 623 g/mol. The fraction of sp³-hybridized carbons (Fsp3) is 0.286. The highest BCUT2D eigenvalue weighted by molar-refractivity contribution is 7.80. The maximum Gasteiger partial charge on any atom is 0.305 e. The molecular formula is C35H33N3O4S3. The summed E-state index contributed by atoms with van der Waals surface area (Å²) in [5.74, 6) is 0.612. The molecule has 10 heteroatoms. The molecule has 0 radical (unpaired) electrons. The summed E-state index contributed by atoms with van der Waals surface area (Å²) in [5.41, 5.74) is 6.51. The van der Waals surface area contributed by atoms with Crippen molar-refractivity contribution in [3.63, 3.8) is 0 Å². The first-order valence-electron chi connectivity index (χ1n) is 15.2. The molecule has 0 saturated carbocycles. The van der Waals surface area contributed by atoms with Gasteiger partial charge in [0.05, 0.1) is 16.9 Å². The Morgan fingerprint density at radius 2 is 1.78 bits per heavy atom. The largest absolute Gasteiger partial charge is 0.490 e. The summed E-state index contributed by atoms with van der Waals surface area (Å²) in [6.45, 7) is 1.96. The van der Waals surface area contributed by atoms with Gasteiger partial charge in [0.2, 0.25) is 0 Å². The van der Waals surface area contributed by atoms with Crippen LogP contribution in [0, 0.1) is 3.82 Å². The molecule has 0 aliphatic carbocycles. The highest BCUT2D eigenvalue weighted by atomic mass is 32.9. The highest BCUT2D eigenvalue weighted by Gasteiger charge is 2.42. The van der Waals surface area contributed by atoms with Crippen LogP contribution in [0.3, 0.4) is 0 Å². The van der Waals surface area contributed by atoms with Gasteiger partial charge in [-0.25, -0.2) is 0 Å². The number of hydrogen-bond donors (Lipinski definition) is 0. The smallest absolute Gasteiger partial charge is 0.305 e. The molecule has 2 aromatic heterocycles. The molecule has 230 valence electrons. The van der Waals surface area contributed by atoms with Crippen LogP contribution in [0.2, 0.25) is 0 Å². The maximum absolute atomic E-state index is 13.6. The zero-order valence-electron chi connectivity index (χ0n) is 24.9. The van der Waals surface area contributed by atoms with Crippen molar-refractivity contribution in [2.24, 2.45) is 0 Å². The average molecular weight is 656 g/mol. The summed E-state index contributed by atoms with van der Waals surface area (Å²) < 4.78 is 14.5. The first-order valence-corrected chi connectivity index (χ1v) is 17.8. The zero-order valence-corrected chi connectivity index (χ0v) is 27.4. The van der Waals surface area contributed by atoms with E-state index in [2.05, 4.69) is 40.8 Å². The van der Waals surface area contributed by atoms with E-state index in [1.54, 1.807) is 20.7 Å². The van der Waals surface area contributed by atoms with Crippen LogP contribution in [0.4, 0.5) is 5.69 Å². The van der Waals surface area contributed by atoms with E-state index in [-0.39, 0.29) is 24.6 Å². The number of ether oxygens (including phenoxy) is 2. The number of amides is 1. The monoisotopic (exact) mass is 655 g/mol. The molecule has 1 amide bonds. The lowest BCUT2D eigenvalue weighted by Gasteiger charge is -2.46. The lowest BCUT2D eigenvalue weighted by atomic mass is 9.96. The third-order valence-electron chi connectivity index (χ3n) is 8.63. The number of benzene rings is 3. The van der Waals surface area contributed by atoms with Crippen molar-refractivity contribution < 1.29 is 19.1 Å². The van der Waals surface area contributed by atoms with Gasteiger partial charge in [-0.2, -0.15) is 0 Å². The Bertz CT molecular complexity index is 1930. The third-order valence-corrected chi connectivity index (χ3v) is 11.5. The Morgan fingerprint density at radius 1 is 0.978 bits per heavy atom. The van der Waals surface area contributed by atoms with Crippen LogP contribution in [0.25, 0.3) is 21.3 Å². The standard InChI is InChI=1S/C35H33N3O4S3/c1-36-28-10-4-3-9-27(28)35(40)38-19-17-26-25-8-2-5-11-29(25)37(33(26)34(36)38)18-7-6-12-31(39)42-21-20-41-24-15-13-23(14-16-24)30-22-32(43)45-44-30/h2-5,8-11,13-16,22,34H,6-7,12,17-21H2,1H3. The second-order valence-electron chi connectivity index (χ2n) is 11.3. The van der Waals surface area contributed by atoms with Gasteiger partial charge in [-0.3, -0.25) is 9.59 Å². The van der Waals surface area contributed by atoms with Gasteiger partial charge in [0.1, 0.15) is 29.0 Å². The topological polar surface area (TPSA) is 64.0 Å². The first-order chi connectivity index (χ1) is 22.0. The summed E-state index contributed by atoms with van der Waals surface area (Å²) in [7, 11) is 5.35. The molecule has 3 aromatic carbocycles. The predicted octanol–water partition coefficient (Wildman–Crippen LogP) is 8.10. The lowest BCUT2D eigenvalue weighted by Crippen LogP contribution is -2.51. The summed E-state index contributed by atoms with van der Waals surface area (Å²) in [5, 5.41) is 1.25. The quantitative estimate of drug-likeness (QED) is 0.0656.